The van der Waals surface area contributed by atoms with Gasteiger partial charge < -0.3 is 9.84 Å². The van der Waals surface area contributed by atoms with E-state index in [1.807, 2.05) is 0 Å². The van der Waals surface area contributed by atoms with E-state index >= 15 is 0 Å². The highest BCUT2D eigenvalue weighted by Gasteiger charge is 2.42. The Bertz CT molecular complexity index is 539. The molecule has 1 aromatic heterocycles. The van der Waals surface area contributed by atoms with E-state index < -0.39 is 23.4 Å². The standard InChI is InChI=1S/C15H21F3N2O2/c1-9-11(12(22-20-9)15(16,17)18)13(21)19-8-10-4-6-14(2,3)7-5-10/h10H,4-8H2,1-3H3,(H,19,21). The fraction of sp³-hybridized carbons (Fsp3) is 0.733. The van der Waals surface area contributed by atoms with Crippen molar-refractivity contribution >= 4 is 5.91 Å². The molecule has 0 aromatic carbocycles. The first-order valence-electron chi connectivity index (χ1n) is 7.42. The Morgan fingerprint density at radius 1 is 1.36 bits per heavy atom. The number of amides is 1. The lowest BCUT2D eigenvalue weighted by Gasteiger charge is -2.34. The minimum atomic E-state index is -4.72. The van der Waals surface area contributed by atoms with Gasteiger partial charge in [0, 0.05) is 6.54 Å². The molecule has 1 saturated carbocycles. The molecule has 2 rings (SSSR count). The van der Waals surface area contributed by atoms with Gasteiger partial charge in [-0.2, -0.15) is 13.2 Å². The molecule has 0 atom stereocenters. The number of alkyl halides is 3. The predicted octanol–water partition coefficient (Wildman–Crippen LogP) is 3.95. The van der Waals surface area contributed by atoms with Crippen LogP contribution in [0.3, 0.4) is 0 Å². The molecule has 1 fully saturated rings. The van der Waals surface area contributed by atoms with Gasteiger partial charge in [-0.15, -0.1) is 0 Å². The van der Waals surface area contributed by atoms with Gasteiger partial charge in [-0.1, -0.05) is 19.0 Å². The van der Waals surface area contributed by atoms with E-state index in [1.165, 1.54) is 6.92 Å². The van der Waals surface area contributed by atoms with E-state index in [-0.39, 0.29) is 5.69 Å². The molecule has 1 aliphatic carbocycles. The molecule has 1 aliphatic rings. The van der Waals surface area contributed by atoms with Gasteiger partial charge in [0.1, 0.15) is 5.56 Å². The SMILES string of the molecule is Cc1noc(C(F)(F)F)c1C(=O)NCC1CCC(C)(C)CC1. The summed E-state index contributed by atoms with van der Waals surface area (Å²) < 4.78 is 42.6. The number of hydrogen-bond donors (Lipinski definition) is 1. The molecular formula is C15H21F3N2O2. The fourth-order valence-electron chi connectivity index (χ4n) is 2.82. The molecule has 1 N–H and O–H groups in total. The number of nitrogens with zero attached hydrogens (tertiary/aromatic N) is 1. The summed E-state index contributed by atoms with van der Waals surface area (Å²) in [6, 6.07) is 0. The average molecular weight is 318 g/mol. The van der Waals surface area contributed by atoms with Crippen LogP contribution < -0.4 is 5.32 Å². The molecule has 124 valence electrons. The van der Waals surface area contributed by atoms with Gasteiger partial charge in [-0.3, -0.25) is 4.79 Å². The van der Waals surface area contributed by atoms with Crippen molar-refractivity contribution in [3.05, 3.63) is 17.0 Å². The number of aryl methyl sites for hydroxylation is 1. The van der Waals surface area contributed by atoms with Crippen LogP contribution in [0.1, 0.15) is 61.3 Å². The fourth-order valence-corrected chi connectivity index (χ4v) is 2.82. The second-order valence-electron chi connectivity index (χ2n) is 6.79. The molecule has 0 radical (unpaired) electrons. The Balaban J connectivity index is 1.98. The van der Waals surface area contributed by atoms with Crippen molar-refractivity contribution in [3.63, 3.8) is 0 Å². The molecule has 1 amide bonds. The average Bonchev–Trinajstić information content (AvgIpc) is 2.79. The van der Waals surface area contributed by atoms with Crippen molar-refractivity contribution in [1.29, 1.82) is 0 Å². The molecule has 0 unspecified atom stereocenters. The van der Waals surface area contributed by atoms with Crippen molar-refractivity contribution in [2.45, 2.75) is 52.6 Å². The molecule has 0 aliphatic heterocycles. The Kier molecular flexibility index (Phi) is 4.54. The second-order valence-corrected chi connectivity index (χ2v) is 6.79. The first kappa shape index (κ1) is 16.8. The number of nitrogens with one attached hydrogen (secondary N) is 1. The Morgan fingerprint density at radius 2 is 1.95 bits per heavy atom. The number of hydrogen-bond acceptors (Lipinski definition) is 3. The zero-order valence-corrected chi connectivity index (χ0v) is 13.0. The normalized spacial score (nSPS) is 19.2. The lowest BCUT2D eigenvalue weighted by molar-refractivity contribution is -0.155. The number of carbonyl (C=O) groups excluding carboxylic acids is 1. The highest BCUT2D eigenvalue weighted by molar-refractivity contribution is 5.96. The van der Waals surface area contributed by atoms with Crippen LogP contribution in [0.5, 0.6) is 0 Å². The molecule has 1 aromatic rings. The zero-order valence-electron chi connectivity index (χ0n) is 13.0. The number of halogens is 3. The molecular weight excluding hydrogens is 297 g/mol. The topological polar surface area (TPSA) is 55.1 Å². The predicted molar refractivity (Wildman–Crippen MR) is 74.3 cm³/mol. The number of carbonyl (C=O) groups is 1. The third-order valence-corrected chi connectivity index (χ3v) is 4.36. The Morgan fingerprint density at radius 3 is 2.50 bits per heavy atom. The van der Waals surface area contributed by atoms with Gasteiger partial charge in [-0.25, -0.2) is 0 Å². The third-order valence-electron chi connectivity index (χ3n) is 4.36. The van der Waals surface area contributed by atoms with E-state index in [1.54, 1.807) is 0 Å². The highest BCUT2D eigenvalue weighted by atomic mass is 19.4. The van der Waals surface area contributed by atoms with E-state index in [2.05, 4.69) is 28.8 Å². The maximum Gasteiger partial charge on any atom is 0.453 e. The quantitative estimate of drug-likeness (QED) is 0.918. The van der Waals surface area contributed by atoms with Crippen LogP contribution in [0.25, 0.3) is 0 Å². The van der Waals surface area contributed by atoms with Gasteiger partial charge in [0.15, 0.2) is 0 Å². The smallest absolute Gasteiger partial charge is 0.352 e. The largest absolute Gasteiger partial charge is 0.453 e. The van der Waals surface area contributed by atoms with E-state index in [9.17, 15) is 18.0 Å². The molecule has 0 saturated heterocycles. The first-order chi connectivity index (χ1) is 10.1. The summed E-state index contributed by atoms with van der Waals surface area (Å²) in [6.07, 6.45) is -0.645. The molecule has 1 heterocycles. The molecule has 22 heavy (non-hydrogen) atoms. The maximum absolute atomic E-state index is 12.8. The van der Waals surface area contributed by atoms with E-state index in [0.717, 1.165) is 25.7 Å². The van der Waals surface area contributed by atoms with Crippen LogP contribution in [0.15, 0.2) is 4.52 Å². The Hall–Kier alpha value is -1.53. The number of rotatable bonds is 3. The van der Waals surface area contributed by atoms with Crippen molar-refractivity contribution in [1.82, 2.24) is 10.5 Å². The first-order valence-corrected chi connectivity index (χ1v) is 7.42. The van der Waals surface area contributed by atoms with Gasteiger partial charge >= 0.3 is 6.18 Å². The summed E-state index contributed by atoms with van der Waals surface area (Å²) in [5, 5.41) is 5.86. The van der Waals surface area contributed by atoms with Crippen molar-refractivity contribution in [2.24, 2.45) is 11.3 Å². The van der Waals surface area contributed by atoms with Crippen LogP contribution in [-0.4, -0.2) is 17.6 Å². The van der Waals surface area contributed by atoms with Crippen molar-refractivity contribution < 1.29 is 22.5 Å². The van der Waals surface area contributed by atoms with Crippen LogP contribution in [0.2, 0.25) is 0 Å². The molecule has 7 heteroatoms. The lowest BCUT2D eigenvalue weighted by Crippen LogP contribution is -2.33. The summed E-state index contributed by atoms with van der Waals surface area (Å²) in [5.74, 6) is -1.78. The molecule has 0 spiro atoms. The van der Waals surface area contributed by atoms with E-state index in [0.29, 0.717) is 17.9 Å². The third kappa shape index (κ3) is 3.81. The highest BCUT2D eigenvalue weighted by Crippen LogP contribution is 2.38. The van der Waals surface area contributed by atoms with Crippen molar-refractivity contribution in [3.8, 4) is 0 Å². The molecule has 0 bridgehead atoms. The second kappa shape index (κ2) is 5.93. The minimum Gasteiger partial charge on any atom is -0.352 e. The van der Waals surface area contributed by atoms with Gasteiger partial charge in [0.2, 0.25) is 0 Å². The van der Waals surface area contributed by atoms with Gasteiger partial charge in [-0.05, 0) is 43.9 Å². The van der Waals surface area contributed by atoms with Gasteiger partial charge in [0.05, 0.1) is 5.69 Å². The van der Waals surface area contributed by atoms with Crippen LogP contribution in [0, 0.1) is 18.3 Å². The monoisotopic (exact) mass is 318 g/mol. The summed E-state index contributed by atoms with van der Waals surface area (Å²) in [5.41, 5.74) is -0.243. The zero-order chi connectivity index (χ0) is 16.5. The van der Waals surface area contributed by atoms with Crippen molar-refractivity contribution in [2.75, 3.05) is 6.54 Å². The van der Waals surface area contributed by atoms with Crippen LogP contribution in [-0.2, 0) is 6.18 Å². The molecule has 4 nitrogen and oxygen atoms in total. The van der Waals surface area contributed by atoms with E-state index in [4.69, 9.17) is 0 Å². The minimum absolute atomic E-state index is 0.0467. The van der Waals surface area contributed by atoms with Gasteiger partial charge in [0.25, 0.3) is 11.7 Å². The van der Waals surface area contributed by atoms with Crippen LogP contribution >= 0.6 is 0 Å². The summed E-state index contributed by atoms with van der Waals surface area (Å²) in [7, 11) is 0. The summed E-state index contributed by atoms with van der Waals surface area (Å²) >= 11 is 0. The lowest BCUT2D eigenvalue weighted by atomic mass is 9.73. The maximum atomic E-state index is 12.8. The summed E-state index contributed by atoms with van der Waals surface area (Å²) in [6.45, 7) is 6.13. The Labute approximate surface area is 127 Å². The van der Waals surface area contributed by atoms with Crippen LogP contribution in [0.4, 0.5) is 13.2 Å². The number of aromatic nitrogens is 1. The summed E-state index contributed by atoms with van der Waals surface area (Å²) in [4.78, 5) is 12.1.